The third kappa shape index (κ3) is 7.75. The van der Waals surface area contributed by atoms with Gasteiger partial charge in [-0.05, 0) is 64.0 Å². The molecule has 3 aromatic carbocycles. The highest BCUT2D eigenvalue weighted by Crippen LogP contribution is 2.45. The lowest BCUT2D eigenvalue weighted by atomic mass is 9.77. The monoisotopic (exact) mass is 806 g/mol. The summed E-state index contributed by atoms with van der Waals surface area (Å²) in [5.74, 6) is 0.519. The third-order valence-electron chi connectivity index (χ3n) is 9.22. The molecule has 4 aromatic heterocycles. The summed E-state index contributed by atoms with van der Waals surface area (Å²) in [7, 11) is 0. The molecule has 0 aliphatic heterocycles. The van der Waals surface area contributed by atoms with E-state index in [1.54, 1.807) is 34.2 Å². The number of imidazole rings is 1. The number of esters is 1. The highest BCUT2D eigenvalue weighted by atomic mass is 35.5. The Morgan fingerprint density at radius 1 is 0.857 bits per heavy atom. The van der Waals surface area contributed by atoms with Crippen LogP contribution in [-0.4, -0.2) is 54.8 Å². The van der Waals surface area contributed by atoms with Crippen molar-refractivity contribution < 1.29 is 23.8 Å². The maximum Gasteiger partial charge on any atom is 0.511 e. The van der Waals surface area contributed by atoms with E-state index in [4.69, 9.17) is 31.0 Å². The number of ether oxygens (including phenoxy) is 3. The molecule has 14 heteroatoms. The number of thiophene rings is 2. The standard InChI is InChI=1S/C42H39ClN6O5S2/c1-4-6-22-35-44-38(43)36(40(50)53-28(3)54-41(51)52-5-2)48(35)27-32-23-24-34(56-32)33-25-26-55-37(33)39-45-46-47-49(39)42(29-16-10-7-11-17-29,30-18-12-8-13-19-30)31-20-14-9-15-21-31/h7-21,23-26,28H,4-6,22,27H2,1-3H3. The summed E-state index contributed by atoms with van der Waals surface area (Å²) in [5.41, 5.74) is 3.19. The van der Waals surface area contributed by atoms with E-state index in [0.29, 0.717) is 24.6 Å². The van der Waals surface area contributed by atoms with Crippen molar-refractivity contribution in [2.75, 3.05) is 6.61 Å². The van der Waals surface area contributed by atoms with Gasteiger partial charge in [0.15, 0.2) is 16.7 Å². The van der Waals surface area contributed by atoms with Gasteiger partial charge in [-0.15, -0.1) is 27.8 Å². The van der Waals surface area contributed by atoms with Gasteiger partial charge in [0.05, 0.1) is 18.0 Å². The summed E-state index contributed by atoms with van der Waals surface area (Å²) in [4.78, 5) is 32.7. The molecule has 0 aliphatic carbocycles. The predicted molar refractivity (Wildman–Crippen MR) is 217 cm³/mol. The first-order chi connectivity index (χ1) is 27.3. The molecule has 1 unspecified atom stereocenters. The number of carbonyl (C=O) groups is 2. The first kappa shape index (κ1) is 38.6. The lowest BCUT2D eigenvalue weighted by Crippen LogP contribution is -2.39. The van der Waals surface area contributed by atoms with E-state index in [9.17, 15) is 9.59 Å². The van der Waals surface area contributed by atoms with Crippen molar-refractivity contribution >= 4 is 46.4 Å². The average molecular weight is 807 g/mol. The smallest absolute Gasteiger partial charge is 0.435 e. The fourth-order valence-electron chi connectivity index (χ4n) is 6.77. The summed E-state index contributed by atoms with van der Waals surface area (Å²) in [6.45, 7) is 5.62. The Kier molecular flexibility index (Phi) is 12.0. The normalized spacial score (nSPS) is 12.0. The van der Waals surface area contributed by atoms with Crippen molar-refractivity contribution in [3.8, 4) is 21.1 Å². The summed E-state index contributed by atoms with van der Waals surface area (Å²) in [5, 5.41) is 15.8. The number of unbranched alkanes of at least 4 members (excludes halogenated alkanes) is 1. The topological polar surface area (TPSA) is 123 Å². The van der Waals surface area contributed by atoms with Crippen molar-refractivity contribution in [2.45, 2.75) is 58.4 Å². The number of hydrogen-bond donors (Lipinski definition) is 0. The molecule has 0 bridgehead atoms. The number of aromatic nitrogens is 6. The van der Waals surface area contributed by atoms with Crippen molar-refractivity contribution in [2.24, 2.45) is 0 Å². The maximum atomic E-state index is 13.5. The van der Waals surface area contributed by atoms with Gasteiger partial charge in [0.2, 0.25) is 6.29 Å². The Labute approximate surface area is 337 Å². The second kappa shape index (κ2) is 17.4. The molecule has 1 atom stereocenters. The van der Waals surface area contributed by atoms with E-state index < -0.39 is 24.0 Å². The Morgan fingerprint density at radius 2 is 1.50 bits per heavy atom. The van der Waals surface area contributed by atoms with Crippen molar-refractivity contribution in [3.63, 3.8) is 0 Å². The minimum Gasteiger partial charge on any atom is -0.435 e. The number of tetrazole rings is 1. The Balaban J connectivity index is 1.26. The summed E-state index contributed by atoms with van der Waals surface area (Å²) < 4.78 is 19.1. The summed E-state index contributed by atoms with van der Waals surface area (Å²) in [6, 6.07) is 37.1. The second-order valence-electron chi connectivity index (χ2n) is 12.8. The van der Waals surface area contributed by atoms with E-state index in [0.717, 1.165) is 49.7 Å². The molecule has 0 spiro atoms. The SMILES string of the molecule is CCCCc1nc(Cl)c(C(=O)OC(C)OC(=O)OCC)n1Cc1ccc(-c2ccsc2-c2nnnn2C(c2ccccc2)(c2ccccc2)c2ccccc2)s1. The first-order valence-corrected chi connectivity index (χ1v) is 20.3. The average Bonchev–Trinajstić information content (AvgIpc) is 4.03. The van der Waals surface area contributed by atoms with Crippen LogP contribution in [0.5, 0.6) is 0 Å². The van der Waals surface area contributed by atoms with Crippen molar-refractivity contribution in [1.29, 1.82) is 0 Å². The lowest BCUT2D eigenvalue weighted by molar-refractivity contribution is -0.0816. The quantitative estimate of drug-likeness (QED) is 0.0566. The summed E-state index contributed by atoms with van der Waals surface area (Å²) >= 11 is 9.75. The van der Waals surface area contributed by atoms with E-state index in [1.807, 2.05) is 70.7 Å². The molecule has 56 heavy (non-hydrogen) atoms. The molecule has 0 N–H and O–H groups in total. The van der Waals surface area contributed by atoms with Crippen molar-refractivity contribution in [3.05, 3.63) is 153 Å². The minimum absolute atomic E-state index is 0.0203. The number of carbonyl (C=O) groups excluding carboxylic acids is 2. The van der Waals surface area contributed by atoms with Crippen LogP contribution in [0.25, 0.3) is 21.1 Å². The fraction of sp³-hybridized carbons (Fsp3) is 0.238. The number of rotatable bonds is 15. The number of halogens is 1. The molecule has 0 saturated carbocycles. The zero-order chi connectivity index (χ0) is 39.1. The molecule has 0 fully saturated rings. The van der Waals surface area contributed by atoms with Crippen LogP contribution in [0.4, 0.5) is 4.79 Å². The van der Waals surface area contributed by atoms with Crippen LogP contribution < -0.4 is 0 Å². The molecule has 11 nitrogen and oxygen atoms in total. The van der Waals surface area contributed by atoms with E-state index in [1.165, 1.54) is 6.92 Å². The molecule has 0 radical (unpaired) electrons. The zero-order valence-corrected chi connectivity index (χ0v) is 33.4. The Bertz CT molecular complexity index is 2300. The Morgan fingerprint density at radius 3 is 2.11 bits per heavy atom. The van der Waals surface area contributed by atoms with Gasteiger partial charge in [0.25, 0.3) is 0 Å². The number of nitrogens with zero attached hydrogens (tertiary/aromatic N) is 6. The first-order valence-electron chi connectivity index (χ1n) is 18.3. The highest BCUT2D eigenvalue weighted by Gasteiger charge is 2.42. The predicted octanol–water partition coefficient (Wildman–Crippen LogP) is 9.89. The largest absolute Gasteiger partial charge is 0.511 e. The van der Waals surface area contributed by atoms with E-state index >= 15 is 0 Å². The number of aryl methyl sites for hydroxylation is 1. The minimum atomic E-state index is -1.20. The van der Waals surface area contributed by atoms with Gasteiger partial charge in [-0.25, -0.2) is 19.3 Å². The van der Waals surface area contributed by atoms with Gasteiger partial charge in [-0.2, -0.15) is 0 Å². The molecule has 0 amide bonds. The van der Waals surface area contributed by atoms with Gasteiger partial charge in [-0.1, -0.05) is 116 Å². The molecule has 0 saturated heterocycles. The van der Waals surface area contributed by atoms with Crippen molar-refractivity contribution in [1.82, 2.24) is 29.8 Å². The highest BCUT2D eigenvalue weighted by molar-refractivity contribution is 7.17. The lowest BCUT2D eigenvalue weighted by Gasteiger charge is -2.36. The summed E-state index contributed by atoms with van der Waals surface area (Å²) in [6.07, 6.45) is 0.253. The van der Waals surface area contributed by atoms with Gasteiger partial charge in [-0.3, -0.25) is 0 Å². The Hall–Kier alpha value is -5.63. The fourth-order valence-corrected chi connectivity index (χ4v) is 9.02. The zero-order valence-electron chi connectivity index (χ0n) is 31.0. The van der Waals surface area contributed by atoms with Crippen LogP contribution in [0.15, 0.2) is 115 Å². The van der Waals surface area contributed by atoms with Gasteiger partial charge >= 0.3 is 12.1 Å². The maximum absolute atomic E-state index is 13.5. The molecular formula is C42H39ClN6O5S2. The molecule has 286 valence electrons. The van der Waals surface area contributed by atoms with Crippen LogP contribution in [-0.2, 0) is 32.7 Å². The second-order valence-corrected chi connectivity index (χ2v) is 15.2. The third-order valence-corrected chi connectivity index (χ3v) is 11.5. The number of benzene rings is 3. The van der Waals surface area contributed by atoms with E-state index in [2.05, 4.69) is 70.8 Å². The number of hydrogen-bond acceptors (Lipinski definition) is 11. The van der Waals surface area contributed by atoms with Crippen LogP contribution >= 0.6 is 34.3 Å². The van der Waals surface area contributed by atoms with E-state index in [-0.39, 0.29) is 17.5 Å². The van der Waals surface area contributed by atoms with Gasteiger partial charge < -0.3 is 18.8 Å². The van der Waals surface area contributed by atoms with Crippen LogP contribution in [0.1, 0.15) is 71.5 Å². The molecule has 0 aliphatic rings. The van der Waals surface area contributed by atoms with Gasteiger partial charge in [0, 0.05) is 28.7 Å². The molecule has 7 rings (SSSR count). The molecule has 7 aromatic rings. The van der Waals surface area contributed by atoms with Crippen LogP contribution in [0, 0.1) is 0 Å². The van der Waals surface area contributed by atoms with Gasteiger partial charge in [0.1, 0.15) is 11.4 Å². The van der Waals surface area contributed by atoms with Crippen LogP contribution in [0.2, 0.25) is 5.15 Å². The van der Waals surface area contributed by atoms with Crippen LogP contribution in [0.3, 0.4) is 0 Å². The molecular weight excluding hydrogens is 768 g/mol. The molecule has 4 heterocycles.